The zero-order valence-electron chi connectivity index (χ0n) is 15.1. The molecule has 5 nitrogen and oxygen atoms in total. The van der Waals surface area contributed by atoms with Crippen LogP contribution in [0.3, 0.4) is 0 Å². The van der Waals surface area contributed by atoms with E-state index in [0.29, 0.717) is 17.2 Å². The van der Waals surface area contributed by atoms with Crippen LogP contribution in [0.2, 0.25) is 0 Å². The molecule has 1 fully saturated rings. The number of benzene rings is 2. The third-order valence-corrected chi connectivity index (χ3v) is 5.57. The van der Waals surface area contributed by atoms with Gasteiger partial charge in [-0.05, 0) is 23.8 Å². The fourth-order valence-electron chi connectivity index (χ4n) is 3.00. The van der Waals surface area contributed by atoms with E-state index in [-0.39, 0.29) is 29.1 Å². The Balaban J connectivity index is 1.98. The maximum atomic E-state index is 14.1. The lowest BCUT2D eigenvalue weighted by Gasteiger charge is -2.26. The van der Waals surface area contributed by atoms with Crippen molar-refractivity contribution in [1.82, 2.24) is 4.90 Å². The summed E-state index contributed by atoms with van der Waals surface area (Å²) in [6, 6.07) is 7.46. The van der Waals surface area contributed by atoms with Crippen molar-refractivity contribution in [3.05, 3.63) is 53.1 Å². The smallest absolute Gasteiger partial charge is 0.234 e. The molecule has 1 amide bonds. The quantitative estimate of drug-likeness (QED) is 0.745. The number of thioether (sulfide) groups is 1. The van der Waals surface area contributed by atoms with Gasteiger partial charge in [0.15, 0.2) is 23.1 Å². The minimum atomic E-state index is -0.939. The molecule has 2 aromatic rings. The number of hydrogen-bond donors (Lipinski definition) is 0. The van der Waals surface area contributed by atoms with E-state index in [9.17, 15) is 13.6 Å². The Morgan fingerprint density at radius 1 is 1.11 bits per heavy atom. The Morgan fingerprint density at radius 3 is 2.37 bits per heavy atom. The number of amides is 1. The monoisotopic (exact) mass is 395 g/mol. The second kappa shape index (κ2) is 8.04. The van der Waals surface area contributed by atoms with Crippen LogP contribution in [0, 0.1) is 11.6 Å². The molecule has 0 N–H and O–H groups in total. The van der Waals surface area contributed by atoms with Crippen molar-refractivity contribution in [3.8, 4) is 17.2 Å². The average Bonchev–Trinajstić information content (AvgIpc) is 3.04. The summed E-state index contributed by atoms with van der Waals surface area (Å²) in [5.74, 6) is -0.407. The molecule has 0 radical (unpaired) electrons. The van der Waals surface area contributed by atoms with Gasteiger partial charge in [0.25, 0.3) is 0 Å². The van der Waals surface area contributed by atoms with Crippen molar-refractivity contribution in [2.24, 2.45) is 0 Å². The molecule has 1 atom stereocenters. The summed E-state index contributed by atoms with van der Waals surface area (Å²) in [5, 5.41) is -0.381. The highest BCUT2D eigenvalue weighted by Gasteiger charge is 2.34. The van der Waals surface area contributed by atoms with Gasteiger partial charge in [-0.3, -0.25) is 4.79 Å². The molecule has 0 aliphatic carbocycles. The zero-order chi connectivity index (χ0) is 19.6. The molecule has 0 bridgehead atoms. The highest BCUT2D eigenvalue weighted by molar-refractivity contribution is 8.00. The van der Waals surface area contributed by atoms with Gasteiger partial charge in [-0.25, -0.2) is 8.78 Å². The summed E-state index contributed by atoms with van der Waals surface area (Å²) in [4.78, 5) is 13.9. The van der Waals surface area contributed by atoms with Crippen LogP contribution in [0.1, 0.15) is 16.5 Å². The van der Waals surface area contributed by atoms with Gasteiger partial charge in [0, 0.05) is 5.56 Å². The molecule has 0 aromatic heterocycles. The van der Waals surface area contributed by atoms with Crippen LogP contribution in [-0.2, 0) is 11.3 Å². The Morgan fingerprint density at radius 2 is 1.78 bits per heavy atom. The number of methoxy groups -OCH3 is 3. The summed E-state index contributed by atoms with van der Waals surface area (Å²) in [6.07, 6.45) is 0. The lowest BCUT2D eigenvalue weighted by atomic mass is 10.1. The van der Waals surface area contributed by atoms with Crippen molar-refractivity contribution in [3.63, 3.8) is 0 Å². The van der Waals surface area contributed by atoms with E-state index < -0.39 is 11.6 Å². The number of carbonyl (C=O) groups is 1. The fraction of sp³-hybridized carbons (Fsp3) is 0.316. The van der Waals surface area contributed by atoms with E-state index in [2.05, 4.69) is 0 Å². The molecule has 1 aliphatic rings. The summed E-state index contributed by atoms with van der Waals surface area (Å²) in [7, 11) is 4.52. The number of hydrogen-bond acceptors (Lipinski definition) is 5. The molecule has 0 spiro atoms. The molecular formula is C19H19F2NO4S. The second-order valence-corrected chi connectivity index (χ2v) is 6.93. The van der Waals surface area contributed by atoms with Gasteiger partial charge in [0.2, 0.25) is 11.7 Å². The van der Waals surface area contributed by atoms with Crippen molar-refractivity contribution in [2.45, 2.75) is 11.9 Å². The third-order valence-electron chi connectivity index (χ3n) is 4.31. The molecule has 144 valence electrons. The van der Waals surface area contributed by atoms with Gasteiger partial charge >= 0.3 is 0 Å². The van der Waals surface area contributed by atoms with E-state index in [1.807, 2.05) is 0 Å². The molecule has 1 heterocycles. The van der Waals surface area contributed by atoms with E-state index in [1.165, 1.54) is 50.1 Å². The summed E-state index contributed by atoms with van der Waals surface area (Å²) >= 11 is 1.40. The maximum absolute atomic E-state index is 14.1. The fourth-order valence-corrected chi connectivity index (χ4v) is 4.17. The van der Waals surface area contributed by atoms with Crippen molar-refractivity contribution in [1.29, 1.82) is 0 Å². The lowest BCUT2D eigenvalue weighted by Crippen LogP contribution is -2.28. The molecule has 27 heavy (non-hydrogen) atoms. The molecule has 1 saturated heterocycles. The minimum Gasteiger partial charge on any atom is -0.493 e. The lowest BCUT2D eigenvalue weighted by molar-refractivity contribution is -0.128. The van der Waals surface area contributed by atoms with Gasteiger partial charge in [0.05, 0.1) is 33.6 Å². The second-order valence-electron chi connectivity index (χ2n) is 5.86. The molecule has 8 heteroatoms. The first-order valence-corrected chi connectivity index (χ1v) is 9.18. The molecule has 2 aromatic carbocycles. The highest BCUT2D eigenvalue weighted by Crippen LogP contribution is 2.46. The van der Waals surface area contributed by atoms with E-state index >= 15 is 0 Å². The van der Waals surface area contributed by atoms with Gasteiger partial charge in [-0.15, -0.1) is 11.8 Å². The molecular weight excluding hydrogens is 376 g/mol. The zero-order valence-corrected chi connectivity index (χ0v) is 15.9. The van der Waals surface area contributed by atoms with Crippen molar-refractivity contribution >= 4 is 17.7 Å². The first kappa shape index (κ1) is 19.3. The normalized spacial score (nSPS) is 16.6. The minimum absolute atomic E-state index is 0.0310. The van der Waals surface area contributed by atoms with Crippen molar-refractivity contribution < 1.29 is 27.8 Å². The summed E-state index contributed by atoms with van der Waals surface area (Å²) < 4.78 is 43.6. The molecule has 1 unspecified atom stereocenters. The SMILES string of the molecule is COc1cc(C2SCC(=O)N2Cc2cccc(F)c2F)cc(OC)c1OC. The Hall–Kier alpha value is -2.48. The first-order valence-electron chi connectivity index (χ1n) is 8.14. The van der Waals surface area contributed by atoms with Crippen LogP contribution in [0.4, 0.5) is 8.78 Å². The maximum Gasteiger partial charge on any atom is 0.234 e. The van der Waals surface area contributed by atoms with E-state index in [4.69, 9.17) is 14.2 Å². The van der Waals surface area contributed by atoms with Gasteiger partial charge < -0.3 is 19.1 Å². The summed E-state index contributed by atoms with van der Waals surface area (Å²) in [6.45, 7) is -0.0310. The largest absolute Gasteiger partial charge is 0.493 e. The Labute approximate surface area is 160 Å². The van der Waals surface area contributed by atoms with E-state index in [0.717, 1.165) is 11.6 Å². The van der Waals surface area contributed by atoms with E-state index in [1.54, 1.807) is 12.1 Å². The number of nitrogens with zero attached hydrogens (tertiary/aromatic N) is 1. The average molecular weight is 395 g/mol. The number of halogens is 2. The molecule has 1 aliphatic heterocycles. The predicted molar refractivity (Wildman–Crippen MR) is 98.2 cm³/mol. The van der Waals surface area contributed by atoms with Gasteiger partial charge in [-0.1, -0.05) is 12.1 Å². The number of rotatable bonds is 6. The van der Waals surface area contributed by atoms with Crippen LogP contribution < -0.4 is 14.2 Å². The van der Waals surface area contributed by atoms with Crippen LogP contribution in [0.25, 0.3) is 0 Å². The summed E-state index contributed by atoms with van der Waals surface area (Å²) in [5.41, 5.74) is 0.875. The standard InChI is InChI=1S/C19H19F2NO4S/c1-24-14-7-12(8-15(25-2)18(14)26-3)19-22(16(23)10-27-19)9-11-5-4-6-13(20)17(11)21/h4-8,19H,9-10H2,1-3H3. The van der Waals surface area contributed by atoms with Gasteiger partial charge in [0.1, 0.15) is 5.37 Å². The van der Waals surface area contributed by atoms with Crippen LogP contribution in [-0.4, -0.2) is 37.9 Å². The highest BCUT2D eigenvalue weighted by atomic mass is 32.2. The number of ether oxygens (including phenoxy) is 3. The first-order chi connectivity index (χ1) is 13.0. The molecule has 0 saturated carbocycles. The Bertz CT molecular complexity index is 837. The third kappa shape index (κ3) is 3.66. The number of carbonyl (C=O) groups excluding carboxylic acids is 1. The van der Waals surface area contributed by atoms with Crippen LogP contribution in [0.5, 0.6) is 17.2 Å². The Kier molecular flexibility index (Phi) is 5.74. The van der Waals surface area contributed by atoms with Crippen LogP contribution in [0.15, 0.2) is 30.3 Å². The topological polar surface area (TPSA) is 48.0 Å². The molecule has 3 rings (SSSR count). The van der Waals surface area contributed by atoms with Gasteiger partial charge in [-0.2, -0.15) is 0 Å². The predicted octanol–water partition coefficient (Wildman–Crippen LogP) is 3.76. The van der Waals surface area contributed by atoms with Crippen LogP contribution >= 0.6 is 11.8 Å². The van der Waals surface area contributed by atoms with Crippen molar-refractivity contribution in [2.75, 3.05) is 27.1 Å².